The van der Waals surface area contributed by atoms with Crippen LogP contribution in [0.2, 0.25) is 0 Å². The number of thiocarbonyl (C=S) groups is 1. The van der Waals surface area contributed by atoms with Crippen molar-refractivity contribution in [1.29, 1.82) is 0 Å². The lowest BCUT2D eigenvalue weighted by molar-refractivity contribution is -0.113. The Bertz CT molecular complexity index is 918. The van der Waals surface area contributed by atoms with Crippen LogP contribution in [-0.2, 0) is 4.79 Å². The third-order valence-electron chi connectivity index (χ3n) is 3.39. The molecule has 2 aromatic rings. The van der Waals surface area contributed by atoms with E-state index in [1.165, 1.54) is 28.8 Å². The summed E-state index contributed by atoms with van der Waals surface area (Å²) in [5, 5.41) is 0. The smallest absolute Gasteiger partial charge is 0.270 e. The van der Waals surface area contributed by atoms with E-state index in [4.69, 9.17) is 17.0 Å². The molecule has 3 nitrogen and oxygen atoms in total. The topological polar surface area (TPSA) is 29.5 Å². The van der Waals surface area contributed by atoms with Crippen molar-refractivity contribution in [1.82, 2.24) is 0 Å². The maximum atomic E-state index is 13.5. The standard InChI is InChI=1S/C17H10Br2FNO2S2/c1-23-15-9(5-10(18)7-13(15)19)6-14-16(22)21(17(24)25-14)12-4-2-3-11(20)8-12/h2-8H,1H3. The first kappa shape index (κ1) is 18.6. The predicted octanol–water partition coefficient (Wildman–Crippen LogP) is 5.77. The van der Waals surface area contributed by atoms with Crippen LogP contribution in [0.15, 0.2) is 50.2 Å². The first-order valence-electron chi connectivity index (χ1n) is 6.97. The second-order valence-electron chi connectivity index (χ2n) is 5.01. The van der Waals surface area contributed by atoms with Gasteiger partial charge in [0.05, 0.1) is 22.2 Å². The Morgan fingerprint density at radius 2 is 2.04 bits per heavy atom. The number of carbonyl (C=O) groups excluding carboxylic acids is 1. The largest absolute Gasteiger partial charge is 0.495 e. The van der Waals surface area contributed by atoms with Gasteiger partial charge in [0.2, 0.25) is 0 Å². The number of thioether (sulfide) groups is 1. The normalized spacial score (nSPS) is 16.0. The summed E-state index contributed by atoms with van der Waals surface area (Å²) in [5.74, 6) is -0.105. The molecule has 128 valence electrons. The number of carbonyl (C=O) groups is 1. The number of nitrogens with zero attached hydrogens (tertiary/aromatic N) is 1. The summed E-state index contributed by atoms with van der Waals surface area (Å²) in [6.45, 7) is 0. The third-order valence-corrected chi connectivity index (χ3v) is 5.74. The Morgan fingerprint density at radius 3 is 2.72 bits per heavy atom. The molecule has 0 unspecified atom stereocenters. The minimum atomic E-state index is -0.423. The SMILES string of the molecule is COc1c(Br)cc(Br)cc1C=C1SC(=S)N(c2cccc(F)c2)C1=O. The highest BCUT2D eigenvalue weighted by molar-refractivity contribution is 9.11. The zero-order valence-corrected chi connectivity index (χ0v) is 17.6. The molecule has 1 saturated heterocycles. The van der Waals surface area contributed by atoms with Gasteiger partial charge in [0.25, 0.3) is 5.91 Å². The van der Waals surface area contributed by atoms with E-state index < -0.39 is 5.82 Å². The fourth-order valence-corrected chi connectivity index (χ4v) is 5.06. The number of hydrogen-bond acceptors (Lipinski definition) is 4. The molecular weight excluding hydrogens is 493 g/mol. The molecule has 0 N–H and O–H groups in total. The highest BCUT2D eigenvalue weighted by atomic mass is 79.9. The Labute approximate surface area is 170 Å². The molecule has 3 rings (SSSR count). The van der Waals surface area contributed by atoms with E-state index in [2.05, 4.69) is 31.9 Å². The number of anilines is 1. The first-order valence-corrected chi connectivity index (χ1v) is 9.78. The van der Waals surface area contributed by atoms with Gasteiger partial charge in [-0.15, -0.1) is 0 Å². The molecule has 0 aliphatic carbocycles. The van der Waals surface area contributed by atoms with Crippen molar-refractivity contribution < 1.29 is 13.9 Å². The molecule has 0 aromatic heterocycles. The molecule has 25 heavy (non-hydrogen) atoms. The Hall–Kier alpha value is -1.22. The maximum absolute atomic E-state index is 13.5. The van der Waals surface area contributed by atoms with Crippen LogP contribution in [0.4, 0.5) is 10.1 Å². The molecule has 1 amide bonds. The second kappa shape index (κ2) is 7.57. The van der Waals surface area contributed by atoms with E-state index >= 15 is 0 Å². The Balaban J connectivity index is 2.02. The van der Waals surface area contributed by atoms with Crippen LogP contribution in [0.1, 0.15) is 5.56 Å². The van der Waals surface area contributed by atoms with Crippen LogP contribution in [0.3, 0.4) is 0 Å². The average molecular weight is 503 g/mol. The van der Waals surface area contributed by atoms with E-state index in [-0.39, 0.29) is 5.91 Å². The van der Waals surface area contributed by atoms with Gasteiger partial charge in [-0.1, -0.05) is 46.0 Å². The van der Waals surface area contributed by atoms with Gasteiger partial charge in [0.1, 0.15) is 11.6 Å². The fraction of sp³-hybridized carbons (Fsp3) is 0.0588. The summed E-state index contributed by atoms with van der Waals surface area (Å²) >= 11 is 13.3. The van der Waals surface area contributed by atoms with Crippen molar-refractivity contribution in [2.45, 2.75) is 0 Å². The summed E-state index contributed by atoms with van der Waals surface area (Å²) in [5.41, 5.74) is 1.14. The highest BCUT2D eigenvalue weighted by Crippen LogP contribution is 2.39. The molecule has 1 fully saturated rings. The third kappa shape index (κ3) is 3.81. The van der Waals surface area contributed by atoms with Crippen molar-refractivity contribution in [3.63, 3.8) is 0 Å². The number of amides is 1. The van der Waals surface area contributed by atoms with Gasteiger partial charge in [0, 0.05) is 10.0 Å². The van der Waals surface area contributed by atoms with Crippen LogP contribution in [0.5, 0.6) is 5.75 Å². The van der Waals surface area contributed by atoms with E-state index in [1.807, 2.05) is 12.1 Å². The van der Waals surface area contributed by atoms with Gasteiger partial charge in [-0.2, -0.15) is 0 Å². The van der Waals surface area contributed by atoms with E-state index in [9.17, 15) is 9.18 Å². The van der Waals surface area contributed by atoms with Gasteiger partial charge in [-0.25, -0.2) is 4.39 Å². The van der Waals surface area contributed by atoms with Crippen LogP contribution in [0, 0.1) is 5.82 Å². The lowest BCUT2D eigenvalue weighted by Crippen LogP contribution is -2.27. The minimum absolute atomic E-state index is 0.293. The summed E-state index contributed by atoms with van der Waals surface area (Å²) in [4.78, 5) is 14.5. The van der Waals surface area contributed by atoms with Crippen molar-refractivity contribution in [2.24, 2.45) is 0 Å². The summed E-state index contributed by atoms with van der Waals surface area (Å²) in [6.07, 6.45) is 1.72. The van der Waals surface area contributed by atoms with Crippen LogP contribution >= 0.6 is 55.8 Å². The summed E-state index contributed by atoms with van der Waals surface area (Å²) in [7, 11) is 1.56. The number of benzene rings is 2. The van der Waals surface area contributed by atoms with Gasteiger partial charge in [-0.05, 0) is 52.3 Å². The molecule has 0 bridgehead atoms. The first-order chi connectivity index (χ1) is 11.9. The van der Waals surface area contributed by atoms with Gasteiger partial charge in [-0.3, -0.25) is 9.69 Å². The monoisotopic (exact) mass is 501 g/mol. The molecule has 0 saturated carbocycles. The Morgan fingerprint density at radius 1 is 1.28 bits per heavy atom. The van der Waals surface area contributed by atoms with E-state index in [0.717, 1.165) is 14.5 Å². The molecule has 0 spiro atoms. The molecule has 8 heteroatoms. The van der Waals surface area contributed by atoms with Gasteiger partial charge in [0.15, 0.2) is 4.32 Å². The van der Waals surface area contributed by atoms with Crippen molar-refractivity contribution >= 4 is 77.8 Å². The number of rotatable bonds is 3. The quantitative estimate of drug-likeness (QED) is 0.394. The van der Waals surface area contributed by atoms with Crippen LogP contribution in [-0.4, -0.2) is 17.3 Å². The molecule has 0 radical (unpaired) electrons. The average Bonchev–Trinajstić information content (AvgIpc) is 2.81. The van der Waals surface area contributed by atoms with Crippen LogP contribution < -0.4 is 9.64 Å². The van der Waals surface area contributed by atoms with Gasteiger partial charge >= 0.3 is 0 Å². The van der Waals surface area contributed by atoms with Crippen LogP contribution in [0.25, 0.3) is 6.08 Å². The summed E-state index contributed by atoms with van der Waals surface area (Å²) < 4.78 is 20.8. The number of hydrogen-bond donors (Lipinski definition) is 0. The number of methoxy groups -OCH3 is 1. The van der Waals surface area contributed by atoms with Crippen molar-refractivity contribution in [3.05, 3.63) is 61.6 Å². The molecular formula is C17H10Br2FNO2S2. The van der Waals surface area contributed by atoms with Crippen molar-refractivity contribution in [3.8, 4) is 5.75 Å². The molecule has 2 aromatic carbocycles. The lowest BCUT2D eigenvalue weighted by atomic mass is 10.2. The molecule has 1 aliphatic heterocycles. The zero-order valence-electron chi connectivity index (χ0n) is 12.8. The highest BCUT2D eigenvalue weighted by Gasteiger charge is 2.33. The van der Waals surface area contributed by atoms with E-state index in [1.54, 1.807) is 25.3 Å². The Kier molecular flexibility index (Phi) is 5.62. The molecule has 1 heterocycles. The molecule has 1 aliphatic rings. The molecule has 0 atom stereocenters. The lowest BCUT2D eigenvalue weighted by Gasteiger charge is -2.14. The van der Waals surface area contributed by atoms with E-state index in [0.29, 0.717) is 20.7 Å². The predicted molar refractivity (Wildman–Crippen MR) is 110 cm³/mol. The number of ether oxygens (including phenoxy) is 1. The fourth-order valence-electron chi connectivity index (χ4n) is 2.35. The summed E-state index contributed by atoms with van der Waals surface area (Å²) in [6, 6.07) is 9.49. The van der Waals surface area contributed by atoms with Crippen molar-refractivity contribution in [2.75, 3.05) is 12.0 Å². The zero-order chi connectivity index (χ0) is 18.1. The number of halogens is 3. The van der Waals surface area contributed by atoms with Gasteiger partial charge < -0.3 is 4.74 Å². The maximum Gasteiger partial charge on any atom is 0.270 e. The minimum Gasteiger partial charge on any atom is -0.495 e. The second-order valence-corrected chi connectivity index (χ2v) is 8.45.